The van der Waals surface area contributed by atoms with Crippen LogP contribution in [0.4, 0.5) is 0 Å². The molecule has 5 heteroatoms. The SMILES string of the molecule is NCC(c1cccc(Cl)c1)N1CCC(C(N)=O)CC1. The first-order chi connectivity index (χ1) is 9.11. The van der Waals surface area contributed by atoms with Gasteiger partial charge >= 0.3 is 0 Å². The first-order valence-electron chi connectivity index (χ1n) is 6.60. The minimum absolute atomic E-state index is 0.00837. The van der Waals surface area contributed by atoms with Crippen molar-refractivity contribution in [1.82, 2.24) is 4.90 Å². The second kappa shape index (κ2) is 6.37. The molecule has 4 nitrogen and oxygen atoms in total. The largest absolute Gasteiger partial charge is 0.369 e. The lowest BCUT2D eigenvalue weighted by Crippen LogP contribution is -2.42. The van der Waals surface area contributed by atoms with Gasteiger partial charge in [0, 0.05) is 23.5 Å². The van der Waals surface area contributed by atoms with Gasteiger partial charge in [-0.05, 0) is 43.6 Å². The minimum atomic E-state index is -0.188. The predicted octanol–water partition coefficient (Wildman–Crippen LogP) is 1.54. The number of benzene rings is 1. The lowest BCUT2D eigenvalue weighted by Gasteiger charge is -2.36. The van der Waals surface area contributed by atoms with Crippen LogP contribution < -0.4 is 11.5 Å². The molecule has 1 unspecified atom stereocenters. The second-order valence-electron chi connectivity index (χ2n) is 5.02. The Morgan fingerprint density at radius 1 is 1.42 bits per heavy atom. The van der Waals surface area contributed by atoms with Crippen molar-refractivity contribution in [2.75, 3.05) is 19.6 Å². The van der Waals surface area contributed by atoms with Crippen molar-refractivity contribution in [3.8, 4) is 0 Å². The monoisotopic (exact) mass is 281 g/mol. The number of amides is 1. The van der Waals surface area contributed by atoms with Crippen molar-refractivity contribution >= 4 is 17.5 Å². The molecule has 0 spiro atoms. The molecule has 1 aromatic carbocycles. The lowest BCUT2D eigenvalue weighted by molar-refractivity contribution is -0.123. The summed E-state index contributed by atoms with van der Waals surface area (Å²) in [6.07, 6.45) is 1.62. The van der Waals surface area contributed by atoms with E-state index in [1.807, 2.05) is 24.3 Å². The minimum Gasteiger partial charge on any atom is -0.369 e. The summed E-state index contributed by atoms with van der Waals surface area (Å²) in [5.74, 6) is -0.180. The molecule has 1 aromatic rings. The standard InChI is InChI=1S/C14H20ClN3O/c15-12-3-1-2-11(8-12)13(9-16)18-6-4-10(5-7-18)14(17)19/h1-3,8,10,13H,4-7,9,16H2,(H2,17,19). The summed E-state index contributed by atoms with van der Waals surface area (Å²) in [6.45, 7) is 2.24. The smallest absolute Gasteiger partial charge is 0.220 e. The van der Waals surface area contributed by atoms with Gasteiger partial charge in [-0.1, -0.05) is 23.7 Å². The molecule has 0 aromatic heterocycles. The van der Waals surface area contributed by atoms with Gasteiger partial charge < -0.3 is 11.5 Å². The molecule has 0 radical (unpaired) electrons. The van der Waals surface area contributed by atoms with Crippen LogP contribution in [0.5, 0.6) is 0 Å². The van der Waals surface area contributed by atoms with E-state index in [1.54, 1.807) is 0 Å². The maximum atomic E-state index is 11.2. The van der Waals surface area contributed by atoms with Crippen LogP contribution in [0.15, 0.2) is 24.3 Å². The van der Waals surface area contributed by atoms with Gasteiger partial charge in [0.2, 0.25) is 5.91 Å². The molecule has 1 heterocycles. The fourth-order valence-electron chi connectivity index (χ4n) is 2.71. The molecule has 0 saturated carbocycles. The third-order valence-electron chi connectivity index (χ3n) is 3.83. The maximum absolute atomic E-state index is 11.2. The molecule has 1 aliphatic rings. The van der Waals surface area contributed by atoms with Crippen molar-refractivity contribution in [2.24, 2.45) is 17.4 Å². The fraction of sp³-hybridized carbons (Fsp3) is 0.500. The molecule has 19 heavy (non-hydrogen) atoms. The van der Waals surface area contributed by atoms with Crippen LogP contribution in [0.3, 0.4) is 0 Å². The Hall–Kier alpha value is -1.10. The molecular weight excluding hydrogens is 262 g/mol. The van der Waals surface area contributed by atoms with Gasteiger partial charge in [-0.15, -0.1) is 0 Å². The van der Waals surface area contributed by atoms with Crippen LogP contribution in [0.1, 0.15) is 24.4 Å². The average molecular weight is 282 g/mol. The van der Waals surface area contributed by atoms with Crippen molar-refractivity contribution in [3.63, 3.8) is 0 Å². The number of rotatable bonds is 4. The molecule has 1 amide bonds. The zero-order valence-corrected chi connectivity index (χ0v) is 11.6. The summed E-state index contributed by atoms with van der Waals surface area (Å²) >= 11 is 6.03. The molecule has 104 valence electrons. The highest BCUT2D eigenvalue weighted by molar-refractivity contribution is 6.30. The number of carbonyl (C=O) groups excluding carboxylic acids is 1. The van der Waals surface area contributed by atoms with E-state index in [2.05, 4.69) is 4.90 Å². The Morgan fingerprint density at radius 2 is 2.11 bits per heavy atom. The molecule has 1 fully saturated rings. The number of carbonyl (C=O) groups is 1. The van der Waals surface area contributed by atoms with Crippen LogP contribution in [0, 0.1) is 5.92 Å². The Morgan fingerprint density at radius 3 is 2.63 bits per heavy atom. The van der Waals surface area contributed by atoms with Crippen molar-refractivity contribution in [3.05, 3.63) is 34.9 Å². The Bertz CT molecular complexity index is 444. The summed E-state index contributed by atoms with van der Waals surface area (Å²) in [5, 5.41) is 0.725. The van der Waals surface area contributed by atoms with Gasteiger partial charge in [0.15, 0.2) is 0 Å². The Kier molecular flexibility index (Phi) is 4.80. The van der Waals surface area contributed by atoms with E-state index in [0.717, 1.165) is 36.5 Å². The molecule has 1 saturated heterocycles. The van der Waals surface area contributed by atoms with E-state index in [0.29, 0.717) is 6.54 Å². The summed E-state index contributed by atoms with van der Waals surface area (Å²) in [4.78, 5) is 13.5. The summed E-state index contributed by atoms with van der Waals surface area (Å²) < 4.78 is 0. The van der Waals surface area contributed by atoms with Gasteiger partial charge in [-0.3, -0.25) is 9.69 Å². The van der Waals surface area contributed by atoms with Gasteiger partial charge in [0.05, 0.1) is 0 Å². The van der Waals surface area contributed by atoms with Gasteiger partial charge in [0.25, 0.3) is 0 Å². The van der Waals surface area contributed by atoms with E-state index in [-0.39, 0.29) is 17.9 Å². The van der Waals surface area contributed by atoms with Crippen LogP contribution >= 0.6 is 11.6 Å². The van der Waals surface area contributed by atoms with Gasteiger partial charge in [-0.25, -0.2) is 0 Å². The average Bonchev–Trinajstić information content (AvgIpc) is 2.40. The Labute approximate surface area is 118 Å². The zero-order valence-electron chi connectivity index (χ0n) is 10.9. The second-order valence-corrected chi connectivity index (χ2v) is 5.46. The van der Waals surface area contributed by atoms with Gasteiger partial charge in [-0.2, -0.15) is 0 Å². The van der Waals surface area contributed by atoms with Crippen LogP contribution in [0.25, 0.3) is 0 Å². The summed E-state index contributed by atoms with van der Waals surface area (Å²) in [7, 11) is 0. The van der Waals surface area contributed by atoms with Crippen molar-refractivity contribution in [2.45, 2.75) is 18.9 Å². The van der Waals surface area contributed by atoms with Crippen LogP contribution in [-0.4, -0.2) is 30.4 Å². The highest BCUT2D eigenvalue weighted by atomic mass is 35.5. The quantitative estimate of drug-likeness (QED) is 0.879. The van der Waals surface area contributed by atoms with E-state index < -0.39 is 0 Å². The molecule has 2 rings (SSSR count). The number of nitrogens with two attached hydrogens (primary N) is 2. The summed E-state index contributed by atoms with van der Waals surface area (Å²) in [6, 6.07) is 7.96. The lowest BCUT2D eigenvalue weighted by atomic mass is 9.94. The highest BCUT2D eigenvalue weighted by Gasteiger charge is 2.27. The molecule has 0 bridgehead atoms. The third-order valence-corrected chi connectivity index (χ3v) is 4.06. The Balaban J connectivity index is 2.05. The first kappa shape index (κ1) is 14.3. The van der Waals surface area contributed by atoms with Crippen molar-refractivity contribution < 1.29 is 4.79 Å². The number of likely N-dealkylation sites (tertiary alicyclic amines) is 1. The highest BCUT2D eigenvalue weighted by Crippen LogP contribution is 2.27. The summed E-state index contributed by atoms with van der Waals surface area (Å²) in [5.41, 5.74) is 12.4. The number of primary amides is 1. The van der Waals surface area contributed by atoms with Crippen LogP contribution in [0.2, 0.25) is 5.02 Å². The first-order valence-corrected chi connectivity index (χ1v) is 6.98. The molecule has 1 atom stereocenters. The molecular formula is C14H20ClN3O. The van der Waals surface area contributed by atoms with E-state index in [1.165, 1.54) is 0 Å². The number of hydrogen-bond donors (Lipinski definition) is 2. The van der Waals surface area contributed by atoms with E-state index >= 15 is 0 Å². The molecule has 0 aliphatic carbocycles. The van der Waals surface area contributed by atoms with E-state index in [4.69, 9.17) is 23.1 Å². The molecule has 1 aliphatic heterocycles. The number of halogens is 1. The molecule has 4 N–H and O–H groups in total. The number of nitrogens with zero attached hydrogens (tertiary/aromatic N) is 1. The van der Waals surface area contributed by atoms with Crippen molar-refractivity contribution in [1.29, 1.82) is 0 Å². The fourth-order valence-corrected chi connectivity index (χ4v) is 2.90. The number of hydrogen-bond acceptors (Lipinski definition) is 3. The normalized spacial score (nSPS) is 19.3. The number of piperidine rings is 1. The third kappa shape index (κ3) is 3.47. The zero-order chi connectivity index (χ0) is 13.8. The van der Waals surface area contributed by atoms with Crippen LogP contribution in [-0.2, 0) is 4.79 Å². The predicted molar refractivity (Wildman–Crippen MR) is 76.7 cm³/mol. The van der Waals surface area contributed by atoms with Gasteiger partial charge in [0.1, 0.15) is 0 Å². The topological polar surface area (TPSA) is 72.3 Å². The maximum Gasteiger partial charge on any atom is 0.220 e. The van der Waals surface area contributed by atoms with E-state index in [9.17, 15) is 4.79 Å².